The van der Waals surface area contributed by atoms with Crippen molar-refractivity contribution in [2.24, 2.45) is 0 Å². The Morgan fingerprint density at radius 2 is 1.72 bits per heavy atom. The molecule has 0 aliphatic carbocycles. The van der Waals surface area contributed by atoms with Gasteiger partial charge in [0.05, 0.1) is 18.3 Å². The molecule has 2 aromatic carbocycles. The Morgan fingerprint density at radius 1 is 1.07 bits per heavy atom. The molecule has 5 atom stereocenters. The summed E-state index contributed by atoms with van der Waals surface area (Å²) in [5, 5.41) is 31.1. The lowest BCUT2D eigenvalue weighted by Crippen LogP contribution is -2.61. The van der Waals surface area contributed by atoms with Crippen LogP contribution in [0.1, 0.15) is 23.6 Å². The van der Waals surface area contributed by atoms with Crippen molar-refractivity contribution in [1.82, 2.24) is 0 Å². The number of halogens is 4. The van der Waals surface area contributed by atoms with E-state index >= 15 is 0 Å². The van der Waals surface area contributed by atoms with Gasteiger partial charge in [-0.25, -0.2) is 0 Å². The Bertz CT molecular complexity index is 933. The minimum atomic E-state index is -4.45. The minimum Gasteiger partial charge on any atom is -0.388 e. The monoisotopic (exact) mass is 430 g/mol. The molecule has 1 spiro atoms. The van der Waals surface area contributed by atoms with Crippen LogP contribution in [0.3, 0.4) is 0 Å². The first kappa shape index (κ1) is 20.6. The van der Waals surface area contributed by atoms with E-state index in [0.29, 0.717) is 27.3 Å². The average molecular weight is 431 g/mol. The van der Waals surface area contributed by atoms with E-state index in [-0.39, 0.29) is 6.61 Å². The Balaban J connectivity index is 1.79. The van der Waals surface area contributed by atoms with Crippen LogP contribution in [0.4, 0.5) is 13.2 Å². The van der Waals surface area contributed by atoms with Crippen molar-refractivity contribution in [1.29, 1.82) is 0 Å². The Labute approximate surface area is 169 Å². The molecule has 1 saturated heterocycles. The first-order valence-corrected chi connectivity index (χ1v) is 9.29. The highest BCUT2D eigenvalue weighted by atomic mass is 35.5. The molecule has 5 unspecified atom stereocenters. The number of fused-ring (bicyclic) bond motifs is 2. The summed E-state index contributed by atoms with van der Waals surface area (Å²) in [6, 6.07) is 7.69. The van der Waals surface area contributed by atoms with E-state index in [1.165, 1.54) is 19.1 Å². The molecule has 5 nitrogen and oxygen atoms in total. The van der Waals surface area contributed by atoms with Gasteiger partial charge in [-0.3, -0.25) is 0 Å². The molecule has 0 radical (unpaired) electrons. The molecule has 4 rings (SSSR count). The van der Waals surface area contributed by atoms with Crippen LogP contribution >= 0.6 is 11.6 Å². The van der Waals surface area contributed by atoms with Gasteiger partial charge in [0, 0.05) is 16.1 Å². The van der Waals surface area contributed by atoms with Gasteiger partial charge in [0.15, 0.2) is 0 Å². The molecule has 0 aromatic heterocycles. The standard InChI is InChI=1S/C20H18ClF3O5/c1-9-16(25)17(26)18(27)19(29-9)14-7-13(15(21)6-11(14)8-28-19)10-2-4-12(5-3-10)20(22,23)24/h2-7,9,16-18,25-27H,8H2,1H3. The van der Waals surface area contributed by atoms with Crippen molar-refractivity contribution in [3.63, 3.8) is 0 Å². The first-order valence-electron chi connectivity index (χ1n) is 8.91. The van der Waals surface area contributed by atoms with Gasteiger partial charge in [-0.2, -0.15) is 13.2 Å². The summed E-state index contributed by atoms with van der Waals surface area (Å²) in [6.45, 7) is 1.59. The van der Waals surface area contributed by atoms with Gasteiger partial charge < -0.3 is 24.8 Å². The average Bonchev–Trinajstić information content (AvgIpc) is 3.01. The maximum atomic E-state index is 12.8. The van der Waals surface area contributed by atoms with Gasteiger partial charge in [0.2, 0.25) is 5.79 Å². The number of rotatable bonds is 1. The van der Waals surface area contributed by atoms with Crippen LogP contribution in [0.2, 0.25) is 5.02 Å². The molecule has 2 heterocycles. The minimum absolute atomic E-state index is 0.0505. The molecule has 156 valence electrons. The maximum Gasteiger partial charge on any atom is 0.416 e. The fourth-order valence-electron chi connectivity index (χ4n) is 3.83. The number of ether oxygens (including phenoxy) is 2. The van der Waals surface area contributed by atoms with Crippen LogP contribution in [-0.4, -0.2) is 39.7 Å². The lowest BCUT2D eigenvalue weighted by Gasteiger charge is -2.45. The van der Waals surface area contributed by atoms with Gasteiger partial charge in [0.25, 0.3) is 0 Å². The predicted molar refractivity (Wildman–Crippen MR) is 96.9 cm³/mol. The fraction of sp³-hybridized carbons (Fsp3) is 0.400. The number of aliphatic hydroxyl groups excluding tert-OH is 3. The molecule has 2 aliphatic rings. The zero-order valence-corrected chi connectivity index (χ0v) is 15.9. The topological polar surface area (TPSA) is 79.2 Å². The smallest absolute Gasteiger partial charge is 0.388 e. The van der Waals surface area contributed by atoms with Crippen LogP contribution in [0.15, 0.2) is 36.4 Å². The maximum absolute atomic E-state index is 12.8. The third kappa shape index (κ3) is 3.24. The van der Waals surface area contributed by atoms with Gasteiger partial charge in [-0.1, -0.05) is 23.7 Å². The first-order chi connectivity index (χ1) is 13.5. The van der Waals surface area contributed by atoms with Gasteiger partial charge in [-0.05, 0) is 42.3 Å². The molecule has 9 heteroatoms. The zero-order chi connectivity index (χ0) is 21.1. The molecule has 2 aliphatic heterocycles. The van der Waals surface area contributed by atoms with Crippen LogP contribution in [0.25, 0.3) is 11.1 Å². The molecule has 0 bridgehead atoms. The van der Waals surface area contributed by atoms with Crippen molar-refractivity contribution in [3.8, 4) is 11.1 Å². The fourth-order valence-corrected chi connectivity index (χ4v) is 4.12. The van der Waals surface area contributed by atoms with E-state index < -0.39 is 41.9 Å². The highest BCUT2D eigenvalue weighted by Crippen LogP contribution is 2.48. The SMILES string of the molecule is CC1OC2(OCc3cc(Cl)c(-c4ccc(C(F)(F)F)cc4)cc32)C(O)C(O)C1O. The third-order valence-corrected chi connectivity index (χ3v) is 5.75. The van der Waals surface area contributed by atoms with Crippen molar-refractivity contribution in [2.75, 3.05) is 0 Å². The quantitative estimate of drug-likeness (QED) is 0.647. The summed E-state index contributed by atoms with van der Waals surface area (Å²) < 4.78 is 50.0. The summed E-state index contributed by atoms with van der Waals surface area (Å²) in [4.78, 5) is 0. The van der Waals surface area contributed by atoms with Crippen LogP contribution < -0.4 is 0 Å². The highest BCUT2D eigenvalue weighted by molar-refractivity contribution is 6.33. The van der Waals surface area contributed by atoms with E-state index in [1.807, 2.05) is 0 Å². The summed E-state index contributed by atoms with van der Waals surface area (Å²) >= 11 is 6.35. The van der Waals surface area contributed by atoms with E-state index in [4.69, 9.17) is 21.1 Å². The molecule has 3 N–H and O–H groups in total. The molecular formula is C20H18ClF3O5. The number of aliphatic hydroxyl groups is 3. The molecule has 0 amide bonds. The van der Waals surface area contributed by atoms with Crippen molar-refractivity contribution >= 4 is 11.6 Å². The molecular weight excluding hydrogens is 413 g/mol. The largest absolute Gasteiger partial charge is 0.416 e. The van der Waals surface area contributed by atoms with Crippen LogP contribution in [0, 0.1) is 0 Å². The van der Waals surface area contributed by atoms with Crippen molar-refractivity contribution in [2.45, 2.75) is 49.9 Å². The second-order valence-electron chi connectivity index (χ2n) is 7.27. The molecule has 2 aromatic rings. The van der Waals surface area contributed by atoms with E-state index in [2.05, 4.69) is 0 Å². The molecule has 29 heavy (non-hydrogen) atoms. The summed E-state index contributed by atoms with van der Waals surface area (Å²) in [5.41, 5.74) is 1.10. The Morgan fingerprint density at radius 3 is 2.34 bits per heavy atom. The van der Waals surface area contributed by atoms with Crippen molar-refractivity contribution in [3.05, 3.63) is 58.1 Å². The predicted octanol–water partition coefficient (Wildman–Crippen LogP) is 3.21. The lowest BCUT2D eigenvalue weighted by atomic mass is 9.86. The molecule has 0 saturated carbocycles. The Hall–Kier alpha value is -1.68. The highest BCUT2D eigenvalue weighted by Gasteiger charge is 2.57. The van der Waals surface area contributed by atoms with Gasteiger partial charge in [-0.15, -0.1) is 0 Å². The second-order valence-corrected chi connectivity index (χ2v) is 7.68. The van der Waals surface area contributed by atoms with Crippen LogP contribution in [-0.2, 0) is 28.0 Å². The van der Waals surface area contributed by atoms with E-state index in [0.717, 1.165) is 12.1 Å². The van der Waals surface area contributed by atoms with Crippen LogP contribution in [0.5, 0.6) is 0 Å². The second kappa shape index (κ2) is 6.94. The Kier molecular flexibility index (Phi) is 4.92. The number of hydrogen-bond donors (Lipinski definition) is 3. The zero-order valence-electron chi connectivity index (χ0n) is 15.2. The normalized spacial score (nSPS) is 31.9. The van der Waals surface area contributed by atoms with E-state index in [1.54, 1.807) is 12.1 Å². The van der Waals surface area contributed by atoms with Crippen molar-refractivity contribution < 1.29 is 38.0 Å². The summed E-state index contributed by atoms with van der Waals surface area (Å²) in [5.74, 6) is -1.71. The van der Waals surface area contributed by atoms with E-state index in [9.17, 15) is 28.5 Å². The number of benzene rings is 2. The number of hydrogen-bond acceptors (Lipinski definition) is 5. The molecule has 1 fully saturated rings. The van der Waals surface area contributed by atoms with Gasteiger partial charge in [0.1, 0.15) is 18.3 Å². The summed E-state index contributed by atoms with van der Waals surface area (Å²) in [6.07, 6.45) is -9.66. The number of alkyl halides is 3. The summed E-state index contributed by atoms with van der Waals surface area (Å²) in [7, 11) is 0. The lowest BCUT2D eigenvalue weighted by molar-refractivity contribution is -0.362. The van der Waals surface area contributed by atoms with Gasteiger partial charge >= 0.3 is 6.18 Å². The third-order valence-electron chi connectivity index (χ3n) is 5.44.